The van der Waals surface area contributed by atoms with Crippen molar-refractivity contribution < 1.29 is 57.2 Å². The molecule has 6 rings (SSSR count). The van der Waals surface area contributed by atoms with Crippen molar-refractivity contribution in [3.05, 3.63) is 105 Å². The van der Waals surface area contributed by atoms with Gasteiger partial charge in [-0.15, -0.1) is 0 Å². The number of fused-ring (bicyclic) bond motifs is 4. The summed E-state index contributed by atoms with van der Waals surface area (Å²) < 4.78 is 32.5. The lowest BCUT2D eigenvalue weighted by Gasteiger charge is -2.21. The first-order valence-electron chi connectivity index (χ1n) is 17.5. The molecule has 0 N–H and O–H groups in total. The summed E-state index contributed by atoms with van der Waals surface area (Å²) in [6.45, 7) is 0. The average molecular weight is 735 g/mol. The van der Waals surface area contributed by atoms with E-state index in [0.717, 1.165) is 12.8 Å². The molecule has 278 valence electrons. The molecular formula is C42H38O12. The fraction of sp³-hybridized carbons (Fsp3) is 0.286. The molecule has 0 radical (unpaired) electrons. The van der Waals surface area contributed by atoms with E-state index in [9.17, 15) is 28.8 Å². The molecule has 12 heteroatoms. The summed E-state index contributed by atoms with van der Waals surface area (Å²) in [7, 11) is 5.71. The number of ketones is 4. The van der Waals surface area contributed by atoms with Crippen LogP contribution in [0, 0.1) is 0 Å². The number of ether oxygens (including phenoxy) is 6. The van der Waals surface area contributed by atoms with Gasteiger partial charge in [-0.3, -0.25) is 28.8 Å². The second-order valence-electron chi connectivity index (χ2n) is 12.7. The highest BCUT2D eigenvalue weighted by Crippen LogP contribution is 2.42. The van der Waals surface area contributed by atoms with E-state index < -0.39 is 23.5 Å². The second-order valence-corrected chi connectivity index (χ2v) is 12.7. The van der Waals surface area contributed by atoms with E-state index in [4.69, 9.17) is 28.4 Å². The van der Waals surface area contributed by atoms with E-state index in [0.29, 0.717) is 37.2 Å². The van der Waals surface area contributed by atoms with Crippen LogP contribution in [0.5, 0.6) is 34.5 Å². The van der Waals surface area contributed by atoms with Gasteiger partial charge in [0.2, 0.25) is 0 Å². The molecule has 0 aromatic heterocycles. The van der Waals surface area contributed by atoms with E-state index in [-0.39, 0.29) is 91.9 Å². The molecule has 0 saturated heterocycles. The number of benzene rings is 4. The highest BCUT2D eigenvalue weighted by molar-refractivity contribution is 6.30. The van der Waals surface area contributed by atoms with Crippen molar-refractivity contribution in [1.29, 1.82) is 0 Å². The number of hydrogen-bond donors (Lipinski definition) is 0. The second kappa shape index (κ2) is 16.2. The number of rotatable bonds is 15. The summed E-state index contributed by atoms with van der Waals surface area (Å²) in [5, 5.41) is 0. The maximum absolute atomic E-state index is 13.5. The minimum Gasteiger partial charge on any atom is -0.497 e. The molecule has 0 bridgehead atoms. The Kier molecular flexibility index (Phi) is 11.2. The Bertz CT molecular complexity index is 2040. The summed E-state index contributed by atoms with van der Waals surface area (Å²) in [6.07, 6.45) is 4.22. The maximum atomic E-state index is 13.5. The van der Waals surface area contributed by atoms with Crippen molar-refractivity contribution in [1.82, 2.24) is 0 Å². The molecule has 0 spiro atoms. The lowest BCUT2D eigenvalue weighted by molar-refractivity contribution is -0.135. The van der Waals surface area contributed by atoms with Gasteiger partial charge >= 0.3 is 11.9 Å². The van der Waals surface area contributed by atoms with Crippen molar-refractivity contribution >= 4 is 35.1 Å². The maximum Gasteiger partial charge on any atom is 0.311 e. The molecule has 0 atom stereocenters. The van der Waals surface area contributed by atoms with Gasteiger partial charge in [-0.25, -0.2) is 0 Å². The SMILES string of the molecule is COc1ccc2c(c1)C(=O)c1ccc(OC)c(OC(=O)CCCCCCCCC(=O)Oc3c(OC)ccc4c3C(=O)c3ccc(OC)cc3C4=O)c1C2=O. The van der Waals surface area contributed by atoms with Crippen LogP contribution < -0.4 is 28.4 Å². The zero-order chi connectivity index (χ0) is 38.5. The Hall–Kier alpha value is -6.30. The topological polar surface area (TPSA) is 158 Å². The van der Waals surface area contributed by atoms with Crippen molar-refractivity contribution in [2.45, 2.75) is 51.4 Å². The number of hydrogen-bond acceptors (Lipinski definition) is 12. The Morgan fingerprint density at radius 3 is 1.17 bits per heavy atom. The molecule has 0 heterocycles. The van der Waals surface area contributed by atoms with Gasteiger partial charge in [0.25, 0.3) is 0 Å². The van der Waals surface area contributed by atoms with Crippen LogP contribution in [0.4, 0.5) is 0 Å². The Labute approximate surface area is 311 Å². The van der Waals surface area contributed by atoms with Crippen LogP contribution >= 0.6 is 0 Å². The Balaban J connectivity index is 0.979. The summed E-state index contributed by atoms with van der Waals surface area (Å²) in [4.78, 5) is 79.4. The van der Waals surface area contributed by atoms with Gasteiger partial charge in [0.05, 0.1) is 39.6 Å². The highest BCUT2D eigenvalue weighted by atomic mass is 16.6. The molecule has 2 aliphatic carbocycles. The summed E-state index contributed by atoms with van der Waals surface area (Å²) in [6, 6.07) is 15.2. The fourth-order valence-electron chi connectivity index (χ4n) is 6.69. The minimum absolute atomic E-state index is 0.0130. The first-order valence-corrected chi connectivity index (χ1v) is 17.5. The van der Waals surface area contributed by atoms with E-state index >= 15 is 0 Å². The molecule has 4 aromatic rings. The van der Waals surface area contributed by atoms with Crippen LogP contribution in [0.1, 0.15) is 115 Å². The molecule has 0 fully saturated rings. The first-order chi connectivity index (χ1) is 26.1. The van der Waals surface area contributed by atoms with Crippen molar-refractivity contribution in [3.8, 4) is 34.5 Å². The van der Waals surface area contributed by atoms with Crippen molar-refractivity contribution in [2.75, 3.05) is 28.4 Å². The van der Waals surface area contributed by atoms with Crippen LogP contribution in [0.15, 0.2) is 60.7 Å². The third-order valence-electron chi connectivity index (χ3n) is 9.50. The van der Waals surface area contributed by atoms with Gasteiger partial charge < -0.3 is 28.4 Å². The molecule has 0 amide bonds. The number of unbranched alkanes of at least 4 members (excludes halogenated alkanes) is 5. The molecule has 2 aliphatic rings. The molecule has 4 aromatic carbocycles. The van der Waals surface area contributed by atoms with Crippen LogP contribution in [-0.4, -0.2) is 63.5 Å². The van der Waals surface area contributed by atoms with Gasteiger partial charge in [-0.05, 0) is 73.5 Å². The zero-order valence-electron chi connectivity index (χ0n) is 30.3. The minimum atomic E-state index is -0.563. The molecule has 0 unspecified atom stereocenters. The molecule has 0 saturated carbocycles. The lowest BCUT2D eigenvalue weighted by atomic mass is 9.83. The number of carbonyl (C=O) groups is 6. The summed E-state index contributed by atoms with van der Waals surface area (Å²) in [5.74, 6) is -1.76. The number of esters is 2. The van der Waals surface area contributed by atoms with Gasteiger partial charge in [0.15, 0.2) is 46.1 Å². The molecule has 12 nitrogen and oxygen atoms in total. The predicted octanol–water partition coefficient (Wildman–Crippen LogP) is 6.90. The number of methoxy groups -OCH3 is 4. The Morgan fingerprint density at radius 1 is 0.426 bits per heavy atom. The summed E-state index contributed by atoms with van der Waals surface area (Å²) in [5.41, 5.74) is 1.00. The third kappa shape index (κ3) is 7.19. The Morgan fingerprint density at radius 2 is 0.796 bits per heavy atom. The van der Waals surface area contributed by atoms with Gasteiger partial charge in [0.1, 0.15) is 11.5 Å². The standard InChI is InChI=1S/C42H38O12/c1-49-23-13-15-25-29(21-23)37(45)27-17-19-31(51-3)41(35(27)39(25)47)53-33(43)11-9-7-5-6-8-10-12-34(44)54-42-32(52-4)20-18-28-36(42)40(48)26-16-14-24(50-2)22-30(26)38(28)46/h13-22H,5-12H2,1-4H3. The van der Waals surface area contributed by atoms with E-state index in [1.807, 2.05) is 0 Å². The monoisotopic (exact) mass is 734 g/mol. The van der Waals surface area contributed by atoms with Crippen LogP contribution in [-0.2, 0) is 9.59 Å². The van der Waals surface area contributed by atoms with Gasteiger partial charge in [-0.1, -0.05) is 25.7 Å². The van der Waals surface area contributed by atoms with Gasteiger partial charge in [-0.2, -0.15) is 0 Å². The van der Waals surface area contributed by atoms with E-state index in [1.54, 1.807) is 12.1 Å². The molecular weight excluding hydrogens is 696 g/mol. The normalized spacial score (nSPS) is 12.6. The predicted molar refractivity (Wildman–Crippen MR) is 194 cm³/mol. The largest absolute Gasteiger partial charge is 0.497 e. The average Bonchev–Trinajstić information content (AvgIpc) is 3.19. The van der Waals surface area contributed by atoms with Crippen molar-refractivity contribution in [3.63, 3.8) is 0 Å². The number of carbonyl (C=O) groups excluding carboxylic acids is 6. The lowest BCUT2D eigenvalue weighted by Crippen LogP contribution is -2.23. The van der Waals surface area contributed by atoms with Gasteiger partial charge in [0, 0.05) is 46.2 Å². The zero-order valence-corrected chi connectivity index (χ0v) is 30.3. The fourth-order valence-corrected chi connectivity index (χ4v) is 6.69. The van der Waals surface area contributed by atoms with E-state index in [1.165, 1.54) is 77.0 Å². The summed E-state index contributed by atoms with van der Waals surface area (Å²) >= 11 is 0. The molecule has 0 aliphatic heterocycles. The van der Waals surface area contributed by atoms with Crippen LogP contribution in [0.2, 0.25) is 0 Å². The third-order valence-corrected chi connectivity index (χ3v) is 9.50. The first kappa shape index (κ1) is 37.5. The quantitative estimate of drug-likeness (QED) is 0.0611. The van der Waals surface area contributed by atoms with Crippen molar-refractivity contribution in [2.24, 2.45) is 0 Å². The van der Waals surface area contributed by atoms with Crippen LogP contribution in [0.3, 0.4) is 0 Å². The molecule has 54 heavy (non-hydrogen) atoms. The highest BCUT2D eigenvalue weighted by Gasteiger charge is 2.36. The van der Waals surface area contributed by atoms with E-state index in [2.05, 4.69) is 0 Å². The van der Waals surface area contributed by atoms with Crippen LogP contribution in [0.25, 0.3) is 0 Å². The smallest absolute Gasteiger partial charge is 0.311 e.